The van der Waals surface area contributed by atoms with Crippen LogP contribution in [0.5, 0.6) is 0 Å². The van der Waals surface area contributed by atoms with Crippen LogP contribution in [0.25, 0.3) is 0 Å². The summed E-state index contributed by atoms with van der Waals surface area (Å²) in [5.41, 5.74) is 13.2. The fourth-order valence-corrected chi connectivity index (χ4v) is 6.24. The van der Waals surface area contributed by atoms with Crippen molar-refractivity contribution in [1.82, 2.24) is 0 Å². The summed E-state index contributed by atoms with van der Waals surface area (Å²) in [5.74, 6) is -0.556. The summed E-state index contributed by atoms with van der Waals surface area (Å²) in [5, 5.41) is 3.28. The standard InChI is InChI=1S/C24H19FN2.C18H13BrFN.C6H7N/c25-19-16-21(26-20-10-4-1-5-11-20)18-24(17-19)27(22-12-6-2-7-13-22)23-14-8-3-9-15-23;19-14-11-15(20)13-18(12-14)21(16-7-3-1-4-8-16)17-9-5-2-6-10-17;7-6-4-2-1-3-5-6/h1-18,26H;1-13H;1-5H,7H2. The largest absolute Gasteiger partial charge is 0.399 e. The number of rotatable bonds is 8. The van der Waals surface area contributed by atoms with Crippen molar-refractivity contribution in [3.63, 3.8) is 0 Å². The van der Waals surface area contributed by atoms with Crippen molar-refractivity contribution in [3.8, 4) is 0 Å². The van der Waals surface area contributed by atoms with E-state index in [1.54, 1.807) is 6.07 Å². The van der Waals surface area contributed by atoms with Crippen molar-refractivity contribution in [2.75, 3.05) is 20.9 Å². The van der Waals surface area contributed by atoms with E-state index >= 15 is 0 Å². The highest BCUT2D eigenvalue weighted by molar-refractivity contribution is 9.10. The molecule has 55 heavy (non-hydrogen) atoms. The Balaban J connectivity index is 0.000000162. The van der Waals surface area contributed by atoms with Crippen LogP contribution < -0.4 is 20.9 Å². The molecule has 0 bridgehead atoms. The van der Waals surface area contributed by atoms with Crippen LogP contribution >= 0.6 is 15.9 Å². The minimum absolute atomic E-state index is 0.267. The zero-order valence-corrected chi connectivity index (χ0v) is 31.5. The first-order valence-electron chi connectivity index (χ1n) is 17.6. The summed E-state index contributed by atoms with van der Waals surface area (Å²) < 4.78 is 28.9. The van der Waals surface area contributed by atoms with Crippen molar-refractivity contribution in [3.05, 3.63) is 234 Å². The second-order valence-corrected chi connectivity index (χ2v) is 13.2. The maximum atomic E-state index is 14.5. The van der Waals surface area contributed by atoms with Crippen LogP contribution in [0.3, 0.4) is 0 Å². The predicted octanol–water partition coefficient (Wildman–Crippen LogP) is 14.4. The molecule has 0 amide bonds. The zero-order chi connectivity index (χ0) is 38.2. The highest BCUT2D eigenvalue weighted by Crippen LogP contribution is 2.37. The van der Waals surface area contributed by atoms with Gasteiger partial charge in [0.2, 0.25) is 0 Å². The SMILES string of the molecule is Fc1cc(Br)cc(N(c2ccccc2)c2ccccc2)c1.Fc1cc(Nc2ccccc2)cc(N(c2ccccc2)c2ccccc2)c1.Nc1ccccc1. The number of nitrogen functional groups attached to an aromatic ring is 1. The van der Waals surface area contributed by atoms with E-state index in [9.17, 15) is 8.78 Å². The second-order valence-electron chi connectivity index (χ2n) is 12.2. The number of anilines is 9. The molecule has 0 fully saturated rings. The Kier molecular flexibility index (Phi) is 13.4. The molecule has 4 nitrogen and oxygen atoms in total. The van der Waals surface area contributed by atoms with Gasteiger partial charge in [0, 0.05) is 44.3 Å². The maximum absolute atomic E-state index is 14.5. The van der Waals surface area contributed by atoms with Gasteiger partial charge in [-0.25, -0.2) is 8.78 Å². The van der Waals surface area contributed by atoms with E-state index in [1.165, 1.54) is 18.2 Å². The second kappa shape index (κ2) is 19.4. The average Bonchev–Trinajstić information content (AvgIpc) is 3.20. The van der Waals surface area contributed by atoms with E-state index in [1.807, 2.05) is 204 Å². The van der Waals surface area contributed by atoms with Crippen LogP contribution in [0, 0.1) is 11.6 Å². The van der Waals surface area contributed by atoms with Crippen molar-refractivity contribution in [2.24, 2.45) is 0 Å². The molecule has 0 saturated heterocycles. The molecule has 8 aromatic rings. The van der Waals surface area contributed by atoms with Gasteiger partial charge in [0.05, 0.1) is 11.4 Å². The lowest BCUT2D eigenvalue weighted by atomic mass is 10.1. The summed E-state index contributed by atoms with van der Waals surface area (Å²) in [4.78, 5) is 4.06. The molecular weight excluding hydrogens is 750 g/mol. The van der Waals surface area contributed by atoms with E-state index in [0.717, 1.165) is 50.0 Å². The minimum atomic E-state index is -0.289. The van der Waals surface area contributed by atoms with E-state index in [-0.39, 0.29) is 11.6 Å². The Morgan fingerprint density at radius 3 is 1.07 bits per heavy atom. The highest BCUT2D eigenvalue weighted by Gasteiger charge is 2.15. The Morgan fingerprint density at radius 1 is 0.364 bits per heavy atom. The highest BCUT2D eigenvalue weighted by atomic mass is 79.9. The first-order valence-corrected chi connectivity index (χ1v) is 18.4. The van der Waals surface area contributed by atoms with Crippen molar-refractivity contribution < 1.29 is 8.78 Å². The first kappa shape index (κ1) is 38.0. The molecule has 0 aliphatic rings. The van der Waals surface area contributed by atoms with E-state index in [4.69, 9.17) is 5.73 Å². The molecule has 0 unspecified atom stereocenters. The van der Waals surface area contributed by atoms with E-state index in [2.05, 4.69) is 21.2 Å². The smallest absolute Gasteiger partial charge is 0.127 e. The van der Waals surface area contributed by atoms with Gasteiger partial charge >= 0.3 is 0 Å². The molecule has 0 spiro atoms. The number of halogens is 3. The van der Waals surface area contributed by atoms with Crippen LogP contribution in [-0.2, 0) is 0 Å². The third-order valence-corrected chi connectivity index (χ3v) is 8.62. The lowest BCUT2D eigenvalue weighted by Gasteiger charge is -2.26. The number of nitrogens with two attached hydrogens (primary N) is 1. The quantitative estimate of drug-likeness (QED) is 0.151. The first-order chi connectivity index (χ1) is 26.9. The molecule has 272 valence electrons. The average molecular weight is 790 g/mol. The van der Waals surface area contributed by atoms with Gasteiger partial charge in [-0.3, -0.25) is 0 Å². The molecule has 0 aliphatic carbocycles. The normalized spacial score (nSPS) is 10.2. The fourth-order valence-electron chi connectivity index (χ4n) is 5.79. The van der Waals surface area contributed by atoms with Gasteiger partial charge in [-0.05, 0) is 109 Å². The lowest BCUT2D eigenvalue weighted by molar-refractivity contribution is 0.627. The Hall–Kier alpha value is -6.70. The third-order valence-electron chi connectivity index (χ3n) is 8.17. The molecule has 0 saturated carbocycles. The molecule has 3 N–H and O–H groups in total. The molecule has 0 aliphatic heterocycles. The van der Waals surface area contributed by atoms with Gasteiger partial charge in [-0.1, -0.05) is 125 Å². The van der Waals surface area contributed by atoms with Gasteiger partial charge in [0.25, 0.3) is 0 Å². The summed E-state index contributed by atoms with van der Waals surface area (Å²) in [6.07, 6.45) is 0. The Bertz CT molecular complexity index is 2230. The fraction of sp³-hybridized carbons (Fsp3) is 0. The number of nitrogens with zero attached hydrogens (tertiary/aromatic N) is 2. The molecule has 0 aromatic heterocycles. The van der Waals surface area contributed by atoms with Gasteiger partial charge in [0.1, 0.15) is 11.6 Å². The molecule has 7 heteroatoms. The van der Waals surface area contributed by atoms with Gasteiger partial charge in [0.15, 0.2) is 0 Å². The van der Waals surface area contributed by atoms with Crippen LogP contribution in [0.4, 0.5) is 60.0 Å². The molecular formula is C48H39BrF2N4. The monoisotopic (exact) mass is 788 g/mol. The minimum Gasteiger partial charge on any atom is -0.399 e. The van der Waals surface area contributed by atoms with E-state index in [0.29, 0.717) is 5.69 Å². The van der Waals surface area contributed by atoms with Gasteiger partial charge in [-0.15, -0.1) is 0 Å². The van der Waals surface area contributed by atoms with Crippen molar-refractivity contribution in [1.29, 1.82) is 0 Å². The van der Waals surface area contributed by atoms with Crippen LogP contribution in [0.2, 0.25) is 0 Å². The van der Waals surface area contributed by atoms with Crippen LogP contribution in [-0.4, -0.2) is 0 Å². The Labute approximate surface area is 329 Å². The molecule has 0 radical (unpaired) electrons. The Morgan fingerprint density at radius 2 is 0.709 bits per heavy atom. The third kappa shape index (κ3) is 11.2. The van der Waals surface area contributed by atoms with Gasteiger partial charge < -0.3 is 20.9 Å². The van der Waals surface area contributed by atoms with Gasteiger partial charge in [-0.2, -0.15) is 0 Å². The topological polar surface area (TPSA) is 44.5 Å². The summed E-state index contributed by atoms with van der Waals surface area (Å²) in [6.45, 7) is 0. The summed E-state index contributed by atoms with van der Waals surface area (Å²) in [7, 11) is 0. The molecule has 0 atom stereocenters. The number of nitrogens with one attached hydrogen (secondary N) is 1. The molecule has 0 heterocycles. The predicted molar refractivity (Wildman–Crippen MR) is 230 cm³/mol. The van der Waals surface area contributed by atoms with Crippen LogP contribution in [0.1, 0.15) is 0 Å². The van der Waals surface area contributed by atoms with Crippen molar-refractivity contribution in [2.45, 2.75) is 0 Å². The number of hydrogen-bond donors (Lipinski definition) is 2. The number of hydrogen-bond acceptors (Lipinski definition) is 4. The summed E-state index contributed by atoms with van der Waals surface area (Å²) in [6, 6.07) is 68.9. The van der Waals surface area contributed by atoms with Crippen LogP contribution in [0.15, 0.2) is 223 Å². The van der Waals surface area contributed by atoms with Crippen molar-refractivity contribution >= 4 is 67.1 Å². The zero-order valence-electron chi connectivity index (χ0n) is 29.9. The maximum Gasteiger partial charge on any atom is 0.127 e. The lowest BCUT2D eigenvalue weighted by Crippen LogP contribution is -2.10. The molecule has 8 aromatic carbocycles. The number of benzene rings is 8. The van der Waals surface area contributed by atoms with E-state index < -0.39 is 0 Å². The summed E-state index contributed by atoms with van der Waals surface area (Å²) >= 11 is 3.36. The number of para-hydroxylation sites is 6. The molecule has 8 rings (SSSR count).